The molecule has 2 aliphatic rings. The lowest BCUT2D eigenvalue weighted by molar-refractivity contribution is -0.0380. The van der Waals surface area contributed by atoms with Gasteiger partial charge in [0.25, 0.3) is 0 Å². The Morgan fingerprint density at radius 3 is 2.76 bits per heavy atom. The number of hydrogen-bond donors (Lipinski definition) is 0. The van der Waals surface area contributed by atoms with Crippen molar-refractivity contribution in [3.05, 3.63) is 47.6 Å². The van der Waals surface area contributed by atoms with Crippen LogP contribution in [0.3, 0.4) is 0 Å². The van der Waals surface area contributed by atoms with E-state index >= 15 is 0 Å². The van der Waals surface area contributed by atoms with Crippen LogP contribution in [0, 0.1) is 5.92 Å². The fraction of sp³-hybridized carbons (Fsp3) is 0.579. The second-order valence-corrected chi connectivity index (χ2v) is 6.89. The molecule has 25 heavy (non-hydrogen) atoms. The quantitative estimate of drug-likeness (QED) is 0.832. The first-order chi connectivity index (χ1) is 12.4. The van der Waals surface area contributed by atoms with E-state index < -0.39 is 0 Å². The fourth-order valence-electron chi connectivity index (χ4n) is 3.52. The third-order valence-corrected chi connectivity index (χ3v) is 4.98. The molecule has 134 valence electrons. The maximum atomic E-state index is 5.89. The SMILES string of the molecule is c1ccc(CN2CCO[C@H](c3noc(CC4CCOCC4)n3)C2)cc1. The van der Waals surface area contributed by atoms with Crippen LogP contribution in [-0.2, 0) is 22.4 Å². The van der Waals surface area contributed by atoms with Gasteiger partial charge in [0.1, 0.15) is 6.10 Å². The Bertz CT molecular complexity index is 655. The van der Waals surface area contributed by atoms with E-state index in [9.17, 15) is 0 Å². The van der Waals surface area contributed by atoms with Gasteiger partial charge in [-0.2, -0.15) is 4.98 Å². The van der Waals surface area contributed by atoms with Crippen LogP contribution >= 0.6 is 0 Å². The standard InChI is InChI=1S/C19H25N3O3/c1-2-4-16(5-3-1)13-22-8-11-24-17(14-22)19-20-18(25-21-19)12-15-6-9-23-10-7-15/h1-5,15,17H,6-14H2/t17-/m0/s1. The van der Waals surface area contributed by atoms with Gasteiger partial charge in [-0.3, -0.25) is 4.90 Å². The van der Waals surface area contributed by atoms with Crippen molar-refractivity contribution in [1.82, 2.24) is 15.0 Å². The van der Waals surface area contributed by atoms with Crippen molar-refractivity contribution in [2.45, 2.75) is 31.9 Å². The number of aromatic nitrogens is 2. The Kier molecular flexibility index (Phi) is 5.40. The van der Waals surface area contributed by atoms with Crippen molar-refractivity contribution in [3.8, 4) is 0 Å². The third kappa shape index (κ3) is 4.45. The molecule has 1 atom stereocenters. The van der Waals surface area contributed by atoms with E-state index in [1.54, 1.807) is 0 Å². The van der Waals surface area contributed by atoms with E-state index in [1.165, 1.54) is 5.56 Å². The molecule has 1 aromatic carbocycles. The van der Waals surface area contributed by atoms with Crippen molar-refractivity contribution < 1.29 is 14.0 Å². The molecular weight excluding hydrogens is 318 g/mol. The van der Waals surface area contributed by atoms with Crippen LogP contribution in [0.25, 0.3) is 0 Å². The summed E-state index contributed by atoms with van der Waals surface area (Å²) >= 11 is 0. The summed E-state index contributed by atoms with van der Waals surface area (Å²) in [5.41, 5.74) is 1.32. The number of rotatable bonds is 5. The summed E-state index contributed by atoms with van der Waals surface area (Å²) in [6.45, 7) is 5.02. The highest BCUT2D eigenvalue weighted by atomic mass is 16.5. The molecule has 0 unspecified atom stereocenters. The molecule has 0 radical (unpaired) electrons. The van der Waals surface area contributed by atoms with Gasteiger partial charge in [0.05, 0.1) is 6.61 Å². The Balaban J connectivity index is 1.34. The van der Waals surface area contributed by atoms with E-state index in [4.69, 9.17) is 14.0 Å². The smallest absolute Gasteiger partial charge is 0.227 e. The van der Waals surface area contributed by atoms with Crippen molar-refractivity contribution >= 4 is 0 Å². The molecule has 0 amide bonds. The first-order valence-corrected chi connectivity index (χ1v) is 9.15. The van der Waals surface area contributed by atoms with E-state index in [1.807, 2.05) is 6.07 Å². The summed E-state index contributed by atoms with van der Waals surface area (Å²) in [6, 6.07) is 10.5. The molecule has 2 fully saturated rings. The highest BCUT2D eigenvalue weighted by Gasteiger charge is 2.27. The molecule has 6 heteroatoms. The molecule has 2 saturated heterocycles. The number of morpholine rings is 1. The van der Waals surface area contributed by atoms with E-state index in [-0.39, 0.29) is 6.10 Å². The van der Waals surface area contributed by atoms with Crippen LogP contribution in [0.5, 0.6) is 0 Å². The number of hydrogen-bond acceptors (Lipinski definition) is 6. The molecule has 2 aromatic rings. The number of nitrogens with zero attached hydrogens (tertiary/aromatic N) is 3. The fourth-order valence-corrected chi connectivity index (χ4v) is 3.52. The van der Waals surface area contributed by atoms with Gasteiger partial charge < -0.3 is 14.0 Å². The van der Waals surface area contributed by atoms with Gasteiger partial charge in [-0.15, -0.1) is 0 Å². The molecule has 0 N–H and O–H groups in total. The molecule has 0 bridgehead atoms. The van der Waals surface area contributed by atoms with Gasteiger partial charge in [-0.1, -0.05) is 35.5 Å². The lowest BCUT2D eigenvalue weighted by Crippen LogP contribution is -2.38. The van der Waals surface area contributed by atoms with Gasteiger partial charge in [-0.05, 0) is 24.3 Å². The summed E-state index contributed by atoms with van der Waals surface area (Å²) in [5.74, 6) is 1.99. The van der Waals surface area contributed by atoms with Gasteiger partial charge in [-0.25, -0.2) is 0 Å². The minimum absolute atomic E-state index is 0.107. The van der Waals surface area contributed by atoms with Gasteiger partial charge in [0.15, 0.2) is 0 Å². The Labute approximate surface area is 148 Å². The molecule has 0 saturated carbocycles. The average Bonchev–Trinajstić information content (AvgIpc) is 3.12. The maximum Gasteiger partial charge on any atom is 0.227 e. The minimum Gasteiger partial charge on any atom is -0.381 e. The molecule has 0 aliphatic carbocycles. The summed E-state index contributed by atoms with van der Waals surface area (Å²) in [5, 5.41) is 4.18. The zero-order chi connectivity index (χ0) is 16.9. The van der Waals surface area contributed by atoms with Gasteiger partial charge >= 0.3 is 0 Å². The second-order valence-electron chi connectivity index (χ2n) is 6.89. The first kappa shape index (κ1) is 16.7. The minimum atomic E-state index is -0.107. The molecule has 4 rings (SSSR count). The summed E-state index contributed by atoms with van der Waals surface area (Å²) in [4.78, 5) is 6.99. The van der Waals surface area contributed by atoms with Gasteiger partial charge in [0, 0.05) is 39.3 Å². The monoisotopic (exact) mass is 343 g/mol. The zero-order valence-electron chi connectivity index (χ0n) is 14.5. The summed E-state index contributed by atoms with van der Waals surface area (Å²) < 4.78 is 16.8. The Hall–Kier alpha value is -1.76. The maximum absolute atomic E-state index is 5.89. The highest BCUT2D eigenvalue weighted by Crippen LogP contribution is 2.23. The topological polar surface area (TPSA) is 60.6 Å². The van der Waals surface area contributed by atoms with Crippen LogP contribution in [0.4, 0.5) is 0 Å². The normalized spacial score (nSPS) is 23.0. The largest absolute Gasteiger partial charge is 0.381 e. The van der Waals surface area contributed by atoms with Crippen molar-refractivity contribution in [2.75, 3.05) is 32.9 Å². The Morgan fingerprint density at radius 1 is 1.08 bits per heavy atom. The van der Waals surface area contributed by atoms with Crippen LogP contribution in [0.2, 0.25) is 0 Å². The summed E-state index contributed by atoms with van der Waals surface area (Å²) in [6.07, 6.45) is 2.88. The van der Waals surface area contributed by atoms with E-state index in [2.05, 4.69) is 39.3 Å². The van der Waals surface area contributed by atoms with E-state index in [0.717, 1.165) is 58.0 Å². The zero-order valence-corrected chi connectivity index (χ0v) is 14.5. The highest BCUT2D eigenvalue weighted by molar-refractivity contribution is 5.14. The number of benzene rings is 1. The predicted molar refractivity (Wildman–Crippen MR) is 92.0 cm³/mol. The molecule has 1 aromatic heterocycles. The lowest BCUT2D eigenvalue weighted by atomic mass is 9.97. The van der Waals surface area contributed by atoms with Crippen LogP contribution in [0.15, 0.2) is 34.9 Å². The van der Waals surface area contributed by atoms with Crippen molar-refractivity contribution in [2.24, 2.45) is 5.92 Å². The van der Waals surface area contributed by atoms with Crippen LogP contribution in [-0.4, -0.2) is 48.0 Å². The molecule has 2 aliphatic heterocycles. The molecule has 0 spiro atoms. The third-order valence-electron chi connectivity index (χ3n) is 4.98. The molecule has 3 heterocycles. The van der Waals surface area contributed by atoms with E-state index in [0.29, 0.717) is 18.3 Å². The van der Waals surface area contributed by atoms with Crippen LogP contribution in [0.1, 0.15) is 36.2 Å². The molecule has 6 nitrogen and oxygen atoms in total. The molecular formula is C19H25N3O3. The average molecular weight is 343 g/mol. The predicted octanol–water partition coefficient (Wildman–Crippen LogP) is 2.61. The first-order valence-electron chi connectivity index (χ1n) is 9.15. The van der Waals surface area contributed by atoms with Crippen molar-refractivity contribution in [3.63, 3.8) is 0 Å². The lowest BCUT2D eigenvalue weighted by Gasteiger charge is -2.31. The second kappa shape index (κ2) is 8.08. The number of ether oxygens (including phenoxy) is 2. The van der Waals surface area contributed by atoms with Gasteiger partial charge in [0.2, 0.25) is 11.7 Å². The van der Waals surface area contributed by atoms with Crippen molar-refractivity contribution in [1.29, 1.82) is 0 Å². The van der Waals surface area contributed by atoms with Crippen LogP contribution < -0.4 is 0 Å². The summed E-state index contributed by atoms with van der Waals surface area (Å²) in [7, 11) is 0. The Morgan fingerprint density at radius 2 is 1.92 bits per heavy atom.